The van der Waals surface area contributed by atoms with Gasteiger partial charge in [0, 0.05) is 38.2 Å². The van der Waals surface area contributed by atoms with Crippen LogP contribution in [0.15, 0.2) is 224 Å². The molecule has 0 aliphatic heterocycles. The van der Waals surface area contributed by atoms with Crippen molar-refractivity contribution in [1.82, 2.24) is 24.1 Å². The Morgan fingerprint density at radius 2 is 0.839 bits per heavy atom. The van der Waals surface area contributed by atoms with Crippen molar-refractivity contribution in [3.63, 3.8) is 0 Å². The Kier molecular flexibility index (Phi) is 4.58. The van der Waals surface area contributed by atoms with Gasteiger partial charge in [0.15, 0.2) is 11.6 Å². The van der Waals surface area contributed by atoms with Gasteiger partial charge in [-0.1, -0.05) is 200 Å². The topological polar surface area (TPSA) is 48.5 Å². The highest BCUT2D eigenvalue weighted by Crippen LogP contribution is 2.43. The van der Waals surface area contributed by atoms with Crippen LogP contribution in [0.1, 0.15) is 31.5 Å². The molecule has 0 N–H and O–H groups in total. The molecular weight excluding hydrogens is 755 g/mol. The Balaban J connectivity index is 1.35. The lowest BCUT2D eigenvalue weighted by molar-refractivity contribution is 0.953. The summed E-state index contributed by atoms with van der Waals surface area (Å²) in [5, 5.41) is -1.82. The molecule has 12 aromatic rings. The number of benzene rings is 9. The van der Waals surface area contributed by atoms with Crippen molar-refractivity contribution >= 4 is 43.6 Å². The van der Waals surface area contributed by atoms with E-state index in [1.165, 1.54) is 0 Å². The first-order valence-corrected chi connectivity index (χ1v) is 19.1. The predicted molar refractivity (Wildman–Crippen MR) is 256 cm³/mol. The van der Waals surface area contributed by atoms with E-state index in [9.17, 15) is 15.1 Å². The maximum atomic E-state index is 9.89. The molecule has 0 spiro atoms. The summed E-state index contributed by atoms with van der Waals surface area (Å²) in [7, 11) is 0. The molecule has 3 aromatic heterocycles. The third kappa shape index (κ3) is 5.90. The SMILES string of the molecule is [2H]c1c([2H])c([2H])c(-c2c([2H])c([2H])c([2H])c(-c3c([2H])c([2H])c([2H])c([2H])c3-n3c4c([2H])c([2H])c([2H])c([2H])c4c4c([2H])c([2H])c5c6c([2H])c([2H])c([2H])c([2H])c6n(-c6nc(-c7ccccc7)nc(-c7ccc(-c8ccccc8)cc7)n6)c5c43)c2[2H])c([2H])c1[2H]. The van der Waals surface area contributed by atoms with Crippen LogP contribution in [0, 0.1) is 0 Å². The van der Waals surface area contributed by atoms with Gasteiger partial charge in [0.05, 0.1) is 59.3 Å². The summed E-state index contributed by atoms with van der Waals surface area (Å²) in [6.45, 7) is 0. The van der Waals surface area contributed by atoms with Crippen LogP contribution in [0.2, 0.25) is 0 Å². The number of fused-ring (bicyclic) bond motifs is 7. The minimum absolute atomic E-state index is 0.00301. The molecule has 0 aliphatic carbocycles. The van der Waals surface area contributed by atoms with Crippen LogP contribution in [0.25, 0.3) is 111 Å². The van der Waals surface area contributed by atoms with Crippen LogP contribution in [-0.2, 0) is 0 Å². The fourth-order valence-corrected chi connectivity index (χ4v) is 7.61. The maximum absolute atomic E-state index is 9.89. The molecule has 0 atom stereocenters. The first-order valence-electron chi connectivity index (χ1n) is 30.6. The monoisotopic (exact) mass is 814 g/mol. The number of hydrogen-bond donors (Lipinski definition) is 0. The highest BCUT2D eigenvalue weighted by atomic mass is 15.2. The minimum Gasteiger partial charge on any atom is -0.307 e. The lowest BCUT2D eigenvalue weighted by Gasteiger charge is -2.16. The molecule has 5 nitrogen and oxygen atoms in total. The normalized spacial score (nSPS) is 16.7. The van der Waals surface area contributed by atoms with E-state index in [1.807, 2.05) is 42.5 Å². The number of hydrogen-bond acceptors (Lipinski definition) is 3. The quantitative estimate of drug-likeness (QED) is 0.161. The molecule has 3 heterocycles. The van der Waals surface area contributed by atoms with Crippen LogP contribution >= 0.6 is 0 Å². The predicted octanol–water partition coefficient (Wildman–Crippen LogP) is 14.4. The van der Waals surface area contributed by atoms with Gasteiger partial charge in [-0.2, -0.15) is 9.97 Å². The molecule has 0 fully saturated rings. The molecule has 0 bridgehead atoms. The minimum atomic E-state index is -1.05. The average Bonchev–Trinajstić information content (AvgIpc) is 1.56. The van der Waals surface area contributed by atoms with Crippen LogP contribution in [-0.4, -0.2) is 24.1 Å². The van der Waals surface area contributed by atoms with Crippen LogP contribution in [0.5, 0.6) is 0 Å². The Bertz CT molecular complexity index is 4940. The summed E-state index contributed by atoms with van der Waals surface area (Å²) in [6, 6.07) is 4.36. The number of aromatic nitrogens is 5. The summed E-state index contributed by atoms with van der Waals surface area (Å²) in [5.41, 5.74) is -3.57. The Morgan fingerprint density at radius 1 is 0.339 bits per heavy atom. The van der Waals surface area contributed by atoms with E-state index in [0.717, 1.165) is 20.3 Å². The number of rotatable bonds is 7. The van der Waals surface area contributed by atoms with E-state index in [2.05, 4.69) is 0 Å². The largest absolute Gasteiger partial charge is 0.307 e. The second-order valence-electron chi connectivity index (χ2n) is 13.9. The van der Waals surface area contributed by atoms with Gasteiger partial charge >= 0.3 is 0 Å². The highest BCUT2D eigenvalue weighted by molar-refractivity contribution is 6.24. The Hall–Kier alpha value is -8.41. The van der Waals surface area contributed by atoms with Gasteiger partial charge in [0.2, 0.25) is 5.95 Å². The van der Waals surface area contributed by atoms with E-state index in [0.29, 0.717) is 11.1 Å². The van der Waals surface area contributed by atoms with Crippen molar-refractivity contribution < 1.29 is 31.5 Å². The number of nitrogens with zero attached hydrogens (tertiary/aromatic N) is 5. The van der Waals surface area contributed by atoms with Gasteiger partial charge in [-0.3, -0.25) is 4.57 Å². The van der Waals surface area contributed by atoms with E-state index < -0.39 is 216 Å². The Labute approximate surface area is 390 Å². The molecule has 0 amide bonds. The molecule has 9 aromatic carbocycles. The Morgan fingerprint density at radius 3 is 1.53 bits per heavy atom. The third-order valence-corrected chi connectivity index (χ3v) is 10.4. The summed E-state index contributed by atoms with van der Waals surface area (Å²) in [6.07, 6.45) is 0. The molecule has 0 aliphatic rings. The summed E-state index contributed by atoms with van der Waals surface area (Å²) in [4.78, 5) is 14.8. The fraction of sp³-hybridized carbons (Fsp3) is 0. The fourth-order valence-electron chi connectivity index (χ4n) is 7.61. The van der Waals surface area contributed by atoms with Crippen LogP contribution in [0.3, 0.4) is 0 Å². The zero-order valence-corrected chi connectivity index (χ0v) is 31.8. The molecule has 0 saturated heterocycles. The summed E-state index contributed by atoms with van der Waals surface area (Å²) < 4.78 is 214. The lowest BCUT2D eigenvalue weighted by Crippen LogP contribution is -2.07. The van der Waals surface area contributed by atoms with Crippen molar-refractivity contribution in [2.24, 2.45) is 0 Å². The van der Waals surface area contributed by atoms with E-state index in [-0.39, 0.29) is 11.6 Å². The van der Waals surface area contributed by atoms with E-state index in [4.69, 9.17) is 31.4 Å². The van der Waals surface area contributed by atoms with Crippen molar-refractivity contribution in [2.45, 2.75) is 0 Å². The van der Waals surface area contributed by atoms with Crippen molar-refractivity contribution in [3.05, 3.63) is 224 Å². The summed E-state index contributed by atoms with van der Waals surface area (Å²) in [5.74, 6) is -0.392. The summed E-state index contributed by atoms with van der Waals surface area (Å²) >= 11 is 0. The molecule has 0 saturated carbocycles. The van der Waals surface area contributed by atoms with Crippen LogP contribution in [0.4, 0.5) is 0 Å². The van der Waals surface area contributed by atoms with Gasteiger partial charge in [-0.25, -0.2) is 4.98 Å². The zero-order valence-electron chi connectivity index (χ0n) is 54.8. The van der Waals surface area contributed by atoms with Gasteiger partial charge < -0.3 is 4.57 Å². The molecule has 0 radical (unpaired) electrons. The van der Waals surface area contributed by atoms with Crippen LogP contribution < -0.4 is 0 Å². The second-order valence-corrected chi connectivity index (χ2v) is 13.9. The van der Waals surface area contributed by atoms with E-state index >= 15 is 0 Å². The molecule has 290 valence electrons. The second kappa shape index (κ2) is 14.7. The van der Waals surface area contributed by atoms with Gasteiger partial charge in [-0.05, 0) is 52.0 Å². The highest BCUT2D eigenvalue weighted by Gasteiger charge is 2.24. The van der Waals surface area contributed by atoms with Gasteiger partial charge in [0.1, 0.15) is 0 Å². The molecule has 12 rings (SSSR count). The zero-order chi connectivity index (χ0) is 61.0. The maximum Gasteiger partial charge on any atom is 0.238 e. The lowest BCUT2D eigenvalue weighted by atomic mass is 9.98. The van der Waals surface area contributed by atoms with Gasteiger partial charge in [-0.15, -0.1) is 0 Å². The molecular formula is C57H37N5. The van der Waals surface area contributed by atoms with E-state index in [1.54, 1.807) is 42.5 Å². The first-order chi connectivity index (χ1) is 40.3. The van der Waals surface area contributed by atoms with Crippen molar-refractivity contribution in [2.75, 3.05) is 0 Å². The average molecular weight is 815 g/mol. The molecule has 62 heavy (non-hydrogen) atoms. The van der Waals surface area contributed by atoms with Crippen molar-refractivity contribution in [3.8, 4) is 67.8 Å². The molecule has 5 heteroatoms. The van der Waals surface area contributed by atoms with Gasteiger partial charge in [0.25, 0.3) is 0 Å². The third-order valence-electron chi connectivity index (χ3n) is 10.4. The standard InChI is InChI=1S/C57H37N5/c1-4-17-38(18-5-1)40-31-33-42(34-32-40)56-58-55(41-21-8-3-9-22-41)59-57(60-56)62-52-30-15-12-27-47(52)49-36-35-48-46-26-11-14-29-51(46)61(53(48)54(49)62)50-28-13-10-25-45(50)44-24-16-23-43(37-44)39-19-6-2-7-20-39/h1-37H/i2D,6D,7D,10D,11D,12D,13D,14D,15D,16D,19D,20D,23D,24D,25D,26D,27D,28D,29D,30D,35D,36D,37D. The number of para-hydroxylation sites is 3. The molecule has 0 unspecified atom stereocenters. The smallest absolute Gasteiger partial charge is 0.238 e. The van der Waals surface area contributed by atoms with Crippen molar-refractivity contribution in [1.29, 1.82) is 0 Å². The first kappa shape index (κ1) is 19.3.